The van der Waals surface area contributed by atoms with E-state index in [0.717, 1.165) is 37.9 Å². The maximum absolute atomic E-state index is 10.4. The predicted molar refractivity (Wildman–Crippen MR) is 90.3 cm³/mol. The Morgan fingerprint density at radius 2 is 2.05 bits per heavy atom. The van der Waals surface area contributed by atoms with Crippen LogP contribution in [0.3, 0.4) is 0 Å². The summed E-state index contributed by atoms with van der Waals surface area (Å²) in [6, 6.07) is 8.30. The molecule has 1 aliphatic heterocycles. The van der Waals surface area contributed by atoms with E-state index in [0.29, 0.717) is 19.1 Å². The van der Waals surface area contributed by atoms with Crippen LogP contribution in [0.25, 0.3) is 0 Å². The van der Waals surface area contributed by atoms with Crippen molar-refractivity contribution in [2.75, 3.05) is 39.4 Å². The molecule has 124 valence electrons. The van der Waals surface area contributed by atoms with E-state index in [1.807, 2.05) is 18.2 Å². The maximum atomic E-state index is 10.4. The topological polar surface area (TPSA) is 35.9 Å². The van der Waals surface area contributed by atoms with Gasteiger partial charge < -0.3 is 9.84 Å². The Morgan fingerprint density at radius 1 is 1.32 bits per heavy atom. The average Bonchev–Trinajstić information content (AvgIpc) is 2.47. The molecule has 5 heteroatoms. The zero-order valence-corrected chi connectivity index (χ0v) is 14.3. The van der Waals surface area contributed by atoms with Crippen LogP contribution in [-0.2, 0) is 11.3 Å². The third-order valence-corrected chi connectivity index (χ3v) is 4.26. The van der Waals surface area contributed by atoms with E-state index >= 15 is 0 Å². The molecule has 0 aliphatic carbocycles. The number of ether oxygens (including phenoxy) is 1. The molecular weight excluding hydrogens is 300 g/mol. The Hall–Kier alpha value is -0.650. The molecule has 0 radical (unpaired) electrons. The first-order valence-electron chi connectivity index (χ1n) is 8.01. The number of rotatable bonds is 7. The Balaban J connectivity index is 1.87. The second-order valence-corrected chi connectivity index (χ2v) is 6.66. The zero-order valence-electron chi connectivity index (χ0n) is 13.5. The van der Waals surface area contributed by atoms with Gasteiger partial charge in [-0.05, 0) is 31.5 Å². The monoisotopic (exact) mass is 326 g/mol. The van der Waals surface area contributed by atoms with Crippen molar-refractivity contribution in [2.45, 2.75) is 32.5 Å². The van der Waals surface area contributed by atoms with Gasteiger partial charge in [-0.2, -0.15) is 0 Å². The summed E-state index contributed by atoms with van der Waals surface area (Å²) >= 11 is 6.06. The molecule has 4 nitrogen and oxygen atoms in total. The van der Waals surface area contributed by atoms with E-state index in [-0.39, 0.29) is 6.10 Å². The Kier molecular flexibility index (Phi) is 7.12. The first-order chi connectivity index (χ1) is 10.5. The van der Waals surface area contributed by atoms with Crippen LogP contribution in [0, 0.1) is 0 Å². The summed E-state index contributed by atoms with van der Waals surface area (Å²) in [7, 11) is 0. The van der Waals surface area contributed by atoms with Gasteiger partial charge >= 0.3 is 0 Å². The Labute approximate surface area is 138 Å². The molecule has 0 saturated carbocycles. The lowest BCUT2D eigenvalue weighted by molar-refractivity contribution is 0.00345. The number of β-amino-alcohol motifs (C(OH)–C–C–N with tert-alkyl or cyclic N) is 1. The molecule has 0 spiro atoms. The van der Waals surface area contributed by atoms with Crippen LogP contribution < -0.4 is 0 Å². The van der Waals surface area contributed by atoms with E-state index in [2.05, 4.69) is 29.7 Å². The molecule has 1 heterocycles. The van der Waals surface area contributed by atoms with Crippen LogP contribution in [0.5, 0.6) is 0 Å². The highest BCUT2D eigenvalue weighted by atomic mass is 35.5. The number of nitrogens with zero attached hydrogens (tertiary/aromatic N) is 2. The van der Waals surface area contributed by atoms with Gasteiger partial charge in [-0.25, -0.2) is 0 Å². The third kappa shape index (κ3) is 5.86. The number of morpholine rings is 1. The molecule has 1 atom stereocenters. The van der Waals surface area contributed by atoms with Crippen molar-refractivity contribution in [2.24, 2.45) is 0 Å². The molecule has 0 bridgehead atoms. The summed E-state index contributed by atoms with van der Waals surface area (Å²) in [6.07, 6.45) is -0.348. The fraction of sp³-hybridized carbons (Fsp3) is 0.647. The molecule has 1 aromatic carbocycles. The number of aliphatic hydroxyl groups is 1. The third-order valence-electron chi connectivity index (χ3n) is 4.02. The van der Waals surface area contributed by atoms with Gasteiger partial charge in [0.15, 0.2) is 0 Å². The second-order valence-electron chi connectivity index (χ2n) is 6.22. The first-order valence-corrected chi connectivity index (χ1v) is 8.39. The van der Waals surface area contributed by atoms with Crippen molar-refractivity contribution in [3.8, 4) is 0 Å². The smallest absolute Gasteiger partial charge is 0.0794 e. The fourth-order valence-electron chi connectivity index (χ4n) is 2.74. The van der Waals surface area contributed by atoms with Gasteiger partial charge in [-0.3, -0.25) is 9.80 Å². The van der Waals surface area contributed by atoms with E-state index in [9.17, 15) is 5.11 Å². The fourth-order valence-corrected chi connectivity index (χ4v) is 2.95. The van der Waals surface area contributed by atoms with Gasteiger partial charge in [0, 0.05) is 43.8 Å². The van der Waals surface area contributed by atoms with Gasteiger partial charge in [0.2, 0.25) is 0 Å². The molecule has 22 heavy (non-hydrogen) atoms. The lowest BCUT2D eigenvalue weighted by Crippen LogP contribution is -2.45. The second kappa shape index (κ2) is 8.85. The number of aliphatic hydroxyl groups excluding tert-OH is 1. The largest absolute Gasteiger partial charge is 0.390 e. The minimum absolute atomic E-state index is 0.348. The normalized spacial score (nSPS) is 18.1. The summed E-state index contributed by atoms with van der Waals surface area (Å²) < 4.78 is 5.34. The zero-order chi connectivity index (χ0) is 15.9. The molecule has 1 unspecified atom stereocenters. The number of benzene rings is 1. The molecule has 1 saturated heterocycles. The van der Waals surface area contributed by atoms with Crippen LogP contribution in [0.15, 0.2) is 24.3 Å². The van der Waals surface area contributed by atoms with Crippen molar-refractivity contribution in [3.05, 3.63) is 34.9 Å². The van der Waals surface area contributed by atoms with Crippen molar-refractivity contribution >= 4 is 11.6 Å². The van der Waals surface area contributed by atoms with Crippen molar-refractivity contribution < 1.29 is 9.84 Å². The summed E-state index contributed by atoms with van der Waals surface area (Å²) in [4.78, 5) is 4.56. The molecular formula is C17H27ClN2O2. The molecule has 0 aromatic heterocycles. The number of halogens is 1. The predicted octanol–water partition coefficient (Wildman–Crippen LogP) is 2.24. The summed E-state index contributed by atoms with van der Waals surface area (Å²) in [5.74, 6) is 0. The van der Waals surface area contributed by atoms with Gasteiger partial charge in [0.05, 0.1) is 19.3 Å². The van der Waals surface area contributed by atoms with Gasteiger partial charge in [0.25, 0.3) is 0 Å². The highest BCUT2D eigenvalue weighted by Gasteiger charge is 2.19. The summed E-state index contributed by atoms with van der Waals surface area (Å²) in [5, 5.41) is 11.2. The van der Waals surface area contributed by atoms with Crippen LogP contribution in [0.1, 0.15) is 19.4 Å². The van der Waals surface area contributed by atoms with Gasteiger partial charge in [-0.15, -0.1) is 0 Å². The van der Waals surface area contributed by atoms with E-state index < -0.39 is 0 Å². The van der Waals surface area contributed by atoms with Crippen LogP contribution >= 0.6 is 11.6 Å². The lowest BCUT2D eigenvalue weighted by atomic mass is 10.1. The average molecular weight is 327 g/mol. The maximum Gasteiger partial charge on any atom is 0.0794 e. The highest BCUT2D eigenvalue weighted by molar-refractivity contribution is 6.30. The first kappa shape index (κ1) is 17.7. The SMILES string of the molecule is CC(C)N(Cc1cccc(Cl)c1)CC(O)CN1CCOCC1. The number of hydrogen-bond acceptors (Lipinski definition) is 4. The van der Waals surface area contributed by atoms with E-state index in [4.69, 9.17) is 16.3 Å². The standard InChI is InChI=1S/C17H27ClN2O2/c1-14(2)20(11-15-4-3-5-16(18)10-15)13-17(21)12-19-6-8-22-9-7-19/h3-5,10,14,17,21H,6-9,11-13H2,1-2H3. The number of hydrogen-bond donors (Lipinski definition) is 1. The van der Waals surface area contributed by atoms with Crippen LogP contribution in [0.2, 0.25) is 5.02 Å². The van der Waals surface area contributed by atoms with Crippen molar-refractivity contribution in [3.63, 3.8) is 0 Å². The molecule has 2 rings (SSSR count). The minimum atomic E-state index is -0.348. The minimum Gasteiger partial charge on any atom is -0.390 e. The van der Waals surface area contributed by atoms with Gasteiger partial charge in [0.1, 0.15) is 0 Å². The van der Waals surface area contributed by atoms with E-state index in [1.54, 1.807) is 0 Å². The molecule has 1 fully saturated rings. The van der Waals surface area contributed by atoms with E-state index in [1.165, 1.54) is 5.56 Å². The quantitative estimate of drug-likeness (QED) is 0.833. The molecule has 1 aliphatic rings. The van der Waals surface area contributed by atoms with Crippen molar-refractivity contribution in [1.29, 1.82) is 0 Å². The van der Waals surface area contributed by atoms with Crippen LogP contribution in [0.4, 0.5) is 0 Å². The van der Waals surface area contributed by atoms with Crippen molar-refractivity contribution in [1.82, 2.24) is 9.80 Å². The highest BCUT2D eigenvalue weighted by Crippen LogP contribution is 2.14. The van der Waals surface area contributed by atoms with Gasteiger partial charge in [-0.1, -0.05) is 23.7 Å². The Morgan fingerprint density at radius 3 is 2.68 bits per heavy atom. The Bertz CT molecular complexity index is 450. The molecule has 0 amide bonds. The van der Waals surface area contributed by atoms with Crippen LogP contribution in [-0.4, -0.2) is 66.4 Å². The summed E-state index contributed by atoms with van der Waals surface area (Å²) in [6.45, 7) is 9.85. The molecule has 1 aromatic rings. The lowest BCUT2D eigenvalue weighted by Gasteiger charge is -2.32. The summed E-state index contributed by atoms with van der Waals surface area (Å²) in [5.41, 5.74) is 1.18. The molecule has 1 N–H and O–H groups in total.